The van der Waals surface area contributed by atoms with Crippen molar-refractivity contribution >= 4 is 11.6 Å². The largest absolute Gasteiger partial charge is 0.451 e. The van der Waals surface area contributed by atoms with Crippen molar-refractivity contribution in [2.24, 2.45) is 5.92 Å². The third kappa shape index (κ3) is 4.23. The number of aliphatic hydroxyl groups is 1. The number of nitrogens with zero attached hydrogens (tertiary/aromatic N) is 2. The lowest BCUT2D eigenvalue weighted by Gasteiger charge is -2.21. The molecule has 1 aromatic rings. The maximum Gasteiger partial charge on any atom is 0.451 e. The van der Waals surface area contributed by atoms with Gasteiger partial charge in [-0.2, -0.15) is 13.2 Å². The summed E-state index contributed by atoms with van der Waals surface area (Å²) >= 11 is 0. The molecule has 1 unspecified atom stereocenters. The molecule has 0 saturated heterocycles. The van der Waals surface area contributed by atoms with Crippen LogP contribution in [0.15, 0.2) is 6.07 Å². The molecular formula is C11H17F3N4O. The van der Waals surface area contributed by atoms with Crippen LogP contribution in [0.1, 0.15) is 19.7 Å². The Morgan fingerprint density at radius 3 is 2.26 bits per heavy atom. The number of aliphatic hydroxyl groups excluding tert-OH is 1. The fourth-order valence-electron chi connectivity index (χ4n) is 1.39. The second kappa shape index (κ2) is 6.05. The van der Waals surface area contributed by atoms with Crippen LogP contribution in [-0.4, -0.2) is 34.8 Å². The Balaban J connectivity index is 3.07. The van der Waals surface area contributed by atoms with E-state index in [1.165, 1.54) is 13.1 Å². The number of nitrogens with one attached hydrogen (secondary N) is 2. The molecule has 0 aliphatic carbocycles. The molecule has 0 amide bonds. The Bertz CT molecular complexity index is 423. The minimum Gasteiger partial charge on any atom is -0.394 e. The summed E-state index contributed by atoms with van der Waals surface area (Å²) in [6, 6.07) is 0.987. The van der Waals surface area contributed by atoms with Crippen LogP contribution in [0.3, 0.4) is 0 Å². The second-order valence-electron chi connectivity index (χ2n) is 4.39. The summed E-state index contributed by atoms with van der Waals surface area (Å²) in [4.78, 5) is 6.78. The molecule has 19 heavy (non-hydrogen) atoms. The molecule has 108 valence electrons. The van der Waals surface area contributed by atoms with Crippen LogP contribution in [0.5, 0.6) is 0 Å². The van der Waals surface area contributed by atoms with Gasteiger partial charge in [0.05, 0.1) is 12.6 Å². The Kier molecular flexibility index (Phi) is 4.93. The molecule has 1 heterocycles. The van der Waals surface area contributed by atoms with Gasteiger partial charge in [0.15, 0.2) is 0 Å². The minimum absolute atomic E-state index is 0.0272. The van der Waals surface area contributed by atoms with Gasteiger partial charge in [0.1, 0.15) is 11.6 Å². The van der Waals surface area contributed by atoms with Gasteiger partial charge in [-0.05, 0) is 5.92 Å². The van der Waals surface area contributed by atoms with Crippen molar-refractivity contribution in [1.29, 1.82) is 0 Å². The van der Waals surface area contributed by atoms with E-state index in [1.807, 2.05) is 13.8 Å². The number of hydrogen-bond donors (Lipinski definition) is 3. The van der Waals surface area contributed by atoms with E-state index in [0.29, 0.717) is 0 Å². The van der Waals surface area contributed by atoms with E-state index in [0.717, 1.165) is 0 Å². The number of anilines is 2. The lowest BCUT2D eigenvalue weighted by atomic mass is 10.1. The lowest BCUT2D eigenvalue weighted by Crippen LogP contribution is -2.30. The van der Waals surface area contributed by atoms with Crippen LogP contribution in [-0.2, 0) is 6.18 Å². The molecule has 5 nitrogen and oxygen atoms in total. The molecule has 8 heteroatoms. The van der Waals surface area contributed by atoms with Crippen LogP contribution >= 0.6 is 0 Å². The SMILES string of the molecule is CNc1cc(NC(CO)C(C)C)nc(C(F)(F)F)n1. The van der Waals surface area contributed by atoms with Crippen molar-refractivity contribution in [2.75, 3.05) is 24.3 Å². The van der Waals surface area contributed by atoms with Crippen molar-refractivity contribution in [2.45, 2.75) is 26.1 Å². The van der Waals surface area contributed by atoms with Gasteiger partial charge in [-0.25, -0.2) is 9.97 Å². The number of rotatable bonds is 5. The fourth-order valence-corrected chi connectivity index (χ4v) is 1.39. The van der Waals surface area contributed by atoms with Crippen LogP contribution in [0.2, 0.25) is 0 Å². The highest BCUT2D eigenvalue weighted by Gasteiger charge is 2.35. The minimum atomic E-state index is -4.62. The summed E-state index contributed by atoms with van der Waals surface area (Å²) in [7, 11) is 1.47. The van der Waals surface area contributed by atoms with Gasteiger partial charge in [-0.1, -0.05) is 13.8 Å². The first-order valence-corrected chi connectivity index (χ1v) is 5.79. The fraction of sp³-hybridized carbons (Fsp3) is 0.636. The summed E-state index contributed by atoms with van der Waals surface area (Å²) in [6.45, 7) is 3.50. The molecule has 0 aliphatic heterocycles. The number of alkyl halides is 3. The zero-order chi connectivity index (χ0) is 14.6. The summed E-state index contributed by atoms with van der Waals surface area (Å²) < 4.78 is 37.9. The van der Waals surface area contributed by atoms with Crippen molar-refractivity contribution in [3.63, 3.8) is 0 Å². The number of aromatic nitrogens is 2. The maximum atomic E-state index is 12.6. The van der Waals surface area contributed by atoms with Gasteiger partial charge in [-0.3, -0.25) is 0 Å². The third-order valence-electron chi connectivity index (χ3n) is 2.57. The second-order valence-corrected chi connectivity index (χ2v) is 4.39. The monoisotopic (exact) mass is 278 g/mol. The molecule has 0 aromatic carbocycles. The van der Waals surface area contributed by atoms with Crippen molar-refractivity contribution in [3.8, 4) is 0 Å². The molecule has 1 rings (SSSR count). The van der Waals surface area contributed by atoms with Gasteiger partial charge < -0.3 is 15.7 Å². The third-order valence-corrected chi connectivity index (χ3v) is 2.57. The van der Waals surface area contributed by atoms with Crippen LogP contribution in [0.25, 0.3) is 0 Å². The highest BCUT2D eigenvalue weighted by Crippen LogP contribution is 2.28. The highest BCUT2D eigenvalue weighted by atomic mass is 19.4. The van der Waals surface area contributed by atoms with Crippen molar-refractivity contribution in [1.82, 2.24) is 9.97 Å². The standard InChI is InChI=1S/C11H17F3N4O/c1-6(2)7(5-19)16-9-4-8(15-3)17-10(18-9)11(12,13)14/h4,6-7,19H,5H2,1-3H3,(H2,15,16,17,18). The van der Waals surface area contributed by atoms with E-state index < -0.39 is 12.0 Å². The molecule has 0 saturated carbocycles. The van der Waals surface area contributed by atoms with Crippen molar-refractivity contribution < 1.29 is 18.3 Å². The van der Waals surface area contributed by atoms with Gasteiger partial charge in [0.2, 0.25) is 5.82 Å². The van der Waals surface area contributed by atoms with Gasteiger partial charge in [-0.15, -0.1) is 0 Å². The number of hydrogen-bond acceptors (Lipinski definition) is 5. The Morgan fingerprint density at radius 2 is 1.84 bits per heavy atom. The van der Waals surface area contributed by atoms with Crippen LogP contribution in [0.4, 0.5) is 24.8 Å². The molecule has 1 atom stereocenters. The van der Waals surface area contributed by atoms with Crippen LogP contribution < -0.4 is 10.6 Å². The average molecular weight is 278 g/mol. The summed E-state index contributed by atoms with van der Waals surface area (Å²) in [6.07, 6.45) is -4.62. The van der Waals surface area contributed by atoms with E-state index in [2.05, 4.69) is 20.6 Å². The first kappa shape index (κ1) is 15.5. The quantitative estimate of drug-likeness (QED) is 0.768. The molecule has 0 radical (unpaired) electrons. The van der Waals surface area contributed by atoms with E-state index in [9.17, 15) is 13.2 Å². The Labute approximate surface area is 109 Å². The zero-order valence-electron chi connectivity index (χ0n) is 10.9. The topological polar surface area (TPSA) is 70.1 Å². The molecule has 0 aliphatic rings. The summed E-state index contributed by atoms with van der Waals surface area (Å²) in [5, 5.41) is 14.5. The maximum absolute atomic E-state index is 12.6. The molecular weight excluding hydrogens is 261 g/mol. The van der Waals surface area contributed by atoms with Gasteiger partial charge >= 0.3 is 6.18 Å². The first-order valence-electron chi connectivity index (χ1n) is 5.79. The normalized spacial score (nSPS) is 13.5. The smallest absolute Gasteiger partial charge is 0.394 e. The summed E-state index contributed by atoms with van der Waals surface area (Å²) in [5.41, 5.74) is 0. The average Bonchev–Trinajstić information content (AvgIpc) is 2.34. The lowest BCUT2D eigenvalue weighted by molar-refractivity contribution is -0.144. The molecule has 0 fully saturated rings. The Hall–Kier alpha value is -1.57. The molecule has 0 bridgehead atoms. The number of halogens is 3. The van der Waals surface area contributed by atoms with E-state index in [-0.39, 0.29) is 30.2 Å². The zero-order valence-corrected chi connectivity index (χ0v) is 10.9. The Morgan fingerprint density at radius 1 is 1.26 bits per heavy atom. The van der Waals surface area contributed by atoms with Crippen molar-refractivity contribution in [3.05, 3.63) is 11.9 Å². The van der Waals surface area contributed by atoms with E-state index in [4.69, 9.17) is 5.11 Å². The molecule has 1 aromatic heterocycles. The highest BCUT2D eigenvalue weighted by molar-refractivity contribution is 5.48. The molecule has 3 N–H and O–H groups in total. The van der Waals surface area contributed by atoms with Gasteiger partial charge in [0.25, 0.3) is 0 Å². The predicted molar refractivity (Wildman–Crippen MR) is 65.9 cm³/mol. The van der Waals surface area contributed by atoms with E-state index >= 15 is 0 Å². The predicted octanol–water partition coefficient (Wildman–Crippen LogP) is 1.97. The van der Waals surface area contributed by atoms with E-state index in [1.54, 1.807) is 0 Å². The first-order chi connectivity index (χ1) is 8.77. The van der Waals surface area contributed by atoms with Gasteiger partial charge in [0, 0.05) is 13.1 Å². The summed E-state index contributed by atoms with van der Waals surface area (Å²) in [5.74, 6) is -1.08. The molecule has 0 spiro atoms. The van der Waals surface area contributed by atoms with Crippen LogP contribution in [0, 0.1) is 5.92 Å².